The predicted octanol–water partition coefficient (Wildman–Crippen LogP) is 1.80. The quantitative estimate of drug-likeness (QED) is 0.911. The molecule has 4 nitrogen and oxygen atoms in total. The molecule has 1 saturated heterocycles. The lowest BCUT2D eigenvalue weighted by Crippen LogP contribution is -2.43. The van der Waals surface area contributed by atoms with Crippen molar-refractivity contribution in [2.45, 2.75) is 32.4 Å². The van der Waals surface area contributed by atoms with Crippen LogP contribution in [0.15, 0.2) is 18.2 Å². The molecule has 1 fully saturated rings. The molecule has 1 aromatic rings. The molecule has 0 aliphatic carbocycles. The molecule has 1 amide bonds. The summed E-state index contributed by atoms with van der Waals surface area (Å²) in [5.41, 5.74) is 0.826. The molecule has 1 aliphatic heterocycles. The summed E-state index contributed by atoms with van der Waals surface area (Å²) < 4.78 is 13.6. The monoisotopic (exact) mass is 275 g/mol. The minimum absolute atomic E-state index is 0.0549. The van der Waals surface area contributed by atoms with E-state index in [0.717, 1.165) is 25.9 Å². The molecule has 1 unspecified atom stereocenters. The lowest BCUT2D eigenvalue weighted by Gasteiger charge is -2.21. The van der Waals surface area contributed by atoms with E-state index in [1.165, 1.54) is 18.2 Å². The molecule has 1 N–H and O–H groups in total. The Labute approximate surface area is 118 Å². The number of amides is 1. The van der Waals surface area contributed by atoms with Gasteiger partial charge in [-0.1, -0.05) is 0 Å². The molecule has 1 aliphatic rings. The second-order valence-electron chi connectivity index (χ2n) is 5.05. The maximum absolute atomic E-state index is 13.6. The SMILES string of the molecule is CC(NCc1cc(C#N)ccc1F)C(=O)N1CCCC1. The molecule has 0 aromatic heterocycles. The second kappa shape index (κ2) is 6.49. The van der Waals surface area contributed by atoms with E-state index >= 15 is 0 Å². The Kier molecular flexibility index (Phi) is 4.70. The molecule has 0 saturated carbocycles. The number of carbonyl (C=O) groups excluding carboxylic acids is 1. The van der Waals surface area contributed by atoms with Crippen LogP contribution in [0, 0.1) is 17.1 Å². The molecular formula is C15H18FN3O. The number of nitrogens with zero attached hydrogens (tertiary/aromatic N) is 2. The van der Waals surface area contributed by atoms with Gasteiger partial charge in [0.1, 0.15) is 5.82 Å². The van der Waals surface area contributed by atoms with Gasteiger partial charge in [-0.25, -0.2) is 4.39 Å². The number of nitriles is 1. The summed E-state index contributed by atoms with van der Waals surface area (Å²) in [6.07, 6.45) is 2.11. The molecule has 106 valence electrons. The van der Waals surface area contributed by atoms with Crippen LogP contribution in [0.5, 0.6) is 0 Å². The van der Waals surface area contributed by atoms with Crippen LogP contribution in [0.2, 0.25) is 0 Å². The van der Waals surface area contributed by atoms with E-state index in [-0.39, 0.29) is 24.3 Å². The third-order valence-electron chi connectivity index (χ3n) is 3.56. The van der Waals surface area contributed by atoms with E-state index < -0.39 is 0 Å². The molecule has 1 aromatic carbocycles. The fourth-order valence-electron chi connectivity index (χ4n) is 2.34. The predicted molar refractivity (Wildman–Crippen MR) is 73.2 cm³/mol. The van der Waals surface area contributed by atoms with Crippen LogP contribution in [0.25, 0.3) is 0 Å². The van der Waals surface area contributed by atoms with Gasteiger partial charge in [-0.2, -0.15) is 5.26 Å². The standard InChI is InChI=1S/C15H18FN3O/c1-11(15(20)19-6-2-3-7-19)18-10-13-8-12(9-17)4-5-14(13)16/h4-5,8,11,18H,2-3,6-7,10H2,1H3. The third-order valence-corrected chi connectivity index (χ3v) is 3.56. The molecule has 1 heterocycles. The molecule has 2 rings (SSSR count). The summed E-state index contributed by atoms with van der Waals surface area (Å²) in [5, 5.41) is 11.8. The summed E-state index contributed by atoms with van der Waals surface area (Å²) in [7, 11) is 0. The summed E-state index contributed by atoms with van der Waals surface area (Å²) in [5.74, 6) is -0.309. The van der Waals surface area contributed by atoms with Crippen LogP contribution in [0.1, 0.15) is 30.9 Å². The highest BCUT2D eigenvalue weighted by atomic mass is 19.1. The topological polar surface area (TPSA) is 56.1 Å². The van der Waals surface area contributed by atoms with Crippen molar-refractivity contribution in [1.29, 1.82) is 5.26 Å². The van der Waals surface area contributed by atoms with Gasteiger partial charge in [0.25, 0.3) is 0 Å². The zero-order valence-electron chi connectivity index (χ0n) is 11.5. The Morgan fingerprint density at radius 1 is 1.50 bits per heavy atom. The third kappa shape index (κ3) is 3.34. The Balaban J connectivity index is 1.94. The number of likely N-dealkylation sites (tertiary alicyclic amines) is 1. The minimum Gasteiger partial charge on any atom is -0.341 e. The van der Waals surface area contributed by atoms with Crippen LogP contribution in [-0.2, 0) is 11.3 Å². The first kappa shape index (κ1) is 14.5. The van der Waals surface area contributed by atoms with E-state index in [4.69, 9.17) is 5.26 Å². The zero-order chi connectivity index (χ0) is 14.5. The normalized spacial score (nSPS) is 15.9. The smallest absolute Gasteiger partial charge is 0.239 e. The minimum atomic E-state index is -0.364. The molecule has 0 radical (unpaired) electrons. The first-order valence-corrected chi connectivity index (χ1v) is 6.82. The van der Waals surface area contributed by atoms with Crippen molar-refractivity contribution in [3.8, 4) is 6.07 Å². The molecule has 0 bridgehead atoms. The molecule has 5 heteroatoms. The van der Waals surface area contributed by atoms with Crippen molar-refractivity contribution in [2.75, 3.05) is 13.1 Å². The van der Waals surface area contributed by atoms with Gasteiger partial charge >= 0.3 is 0 Å². The van der Waals surface area contributed by atoms with Gasteiger partial charge in [0.05, 0.1) is 17.7 Å². The van der Waals surface area contributed by atoms with Crippen molar-refractivity contribution in [1.82, 2.24) is 10.2 Å². The van der Waals surface area contributed by atoms with Crippen LogP contribution in [-0.4, -0.2) is 29.9 Å². The van der Waals surface area contributed by atoms with Gasteiger partial charge in [0, 0.05) is 25.2 Å². The molecule has 0 spiro atoms. The van der Waals surface area contributed by atoms with E-state index in [1.54, 1.807) is 6.92 Å². The van der Waals surface area contributed by atoms with Gasteiger partial charge in [-0.3, -0.25) is 4.79 Å². The number of benzene rings is 1. The number of nitrogens with one attached hydrogen (secondary N) is 1. The van der Waals surface area contributed by atoms with Gasteiger partial charge in [0.2, 0.25) is 5.91 Å². The van der Waals surface area contributed by atoms with Gasteiger partial charge < -0.3 is 10.2 Å². The summed E-state index contributed by atoms with van der Waals surface area (Å²) in [4.78, 5) is 13.9. The van der Waals surface area contributed by atoms with Crippen LogP contribution in [0.4, 0.5) is 4.39 Å². The summed E-state index contributed by atoms with van der Waals surface area (Å²) in [6.45, 7) is 3.64. The van der Waals surface area contributed by atoms with Crippen molar-refractivity contribution < 1.29 is 9.18 Å². The maximum Gasteiger partial charge on any atom is 0.239 e. The first-order valence-electron chi connectivity index (χ1n) is 6.82. The summed E-state index contributed by atoms with van der Waals surface area (Å²) >= 11 is 0. The lowest BCUT2D eigenvalue weighted by atomic mass is 10.1. The number of carbonyl (C=O) groups is 1. The van der Waals surface area contributed by atoms with Gasteiger partial charge in [-0.15, -0.1) is 0 Å². The second-order valence-corrected chi connectivity index (χ2v) is 5.05. The summed E-state index contributed by atoms with van der Waals surface area (Å²) in [6, 6.07) is 5.86. The Morgan fingerprint density at radius 3 is 2.85 bits per heavy atom. The highest BCUT2D eigenvalue weighted by Crippen LogP contribution is 2.12. The fourth-order valence-corrected chi connectivity index (χ4v) is 2.34. The van der Waals surface area contributed by atoms with Crippen molar-refractivity contribution in [3.05, 3.63) is 35.1 Å². The Bertz CT molecular complexity index is 532. The van der Waals surface area contributed by atoms with Crippen LogP contribution in [0.3, 0.4) is 0 Å². The first-order chi connectivity index (χ1) is 9.61. The van der Waals surface area contributed by atoms with Crippen LogP contribution >= 0.6 is 0 Å². The van der Waals surface area contributed by atoms with Crippen LogP contribution < -0.4 is 5.32 Å². The van der Waals surface area contributed by atoms with Crippen molar-refractivity contribution in [2.24, 2.45) is 0 Å². The number of hydrogen-bond acceptors (Lipinski definition) is 3. The highest BCUT2D eigenvalue weighted by molar-refractivity contribution is 5.81. The largest absolute Gasteiger partial charge is 0.341 e. The highest BCUT2D eigenvalue weighted by Gasteiger charge is 2.22. The molecular weight excluding hydrogens is 257 g/mol. The van der Waals surface area contributed by atoms with E-state index in [2.05, 4.69) is 5.32 Å². The Morgan fingerprint density at radius 2 is 2.20 bits per heavy atom. The van der Waals surface area contributed by atoms with E-state index in [1.807, 2.05) is 11.0 Å². The molecule has 1 atom stereocenters. The van der Waals surface area contributed by atoms with Crippen molar-refractivity contribution >= 4 is 5.91 Å². The van der Waals surface area contributed by atoms with Gasteiger partial charge in [0.15, 0.2) is 0 Å². The van der Waals surface area contributed by atoms with E-state index in [0.29, 0.717) is 11.1 Å². The number of rotatable bonds is 4. The van der Waals surface area contributed by atoms with Crippen molar-refractivity contribution in [3.63, 3.8) is 0 Å². The van der Waals surface area contributed by atoms with Gasteiger partial charge in [-0.05, 0) is 38.0 Å². The Hall–Kier alpha value is -1.93. The number of hydrogen-bond donors (Lipinski definition) is 1. The molecule has 20 heavy (non-hydrogen) atoms. The zero-order valence-corrected chi connectivity index (χ0v) is 11.5. The average Bonchev–Trinajstić information content (AvgIpc) is 2.99. The average molecular weight is 275 g/mol. The fraction of sp³-hybridized carbons (Fsp3) is 0.467. The number of halogens is 1. The lowest BCUT2D eigenvalue weighted by molar-refractivity contribution is -0.131. The maximum atomic E-state index is 13.6. The van der Waals surface area contributed by atoms with E-state index in [9.17, 15) is 9.18 Å².